The highest BCUT2D eigenvalue weighted by Crippen LogP contribution is 2.21. The van der Waals surface area contributed by atoms with Crippen molar-refractivity contribution in [3.63, 3.8) is 0 Å². The lowest BCUT2D eigenvalue weighted by Gasteiger charge is -2.17. The molecule has 0 atom stereocenters. The van der Waals surface area contributed by atoms with Gasteiger partial charge < -0.3 is 9.47 Å². The minimum atomic E-state index is 0.240. The SMILES string of the molecule is Cc1ccc(Cn2c(CN3CCCC3=O)nc3ccccc32)cc1. The maximum atomic E-state index is 12.0. The molecule has 2 aromatic carbocycles. The molecule has 4 nitrogen and oxygen atoms in total. The van der Waals surface area contributed by atoms with Gasteiger partial charge in [-0.3, -0.25) is 4.79 Å². The molecule has 1 aliphatic rings. The highest BCUT2D eigenvalue weighted by Gasteiger charge is 2.22. The number of benzene rings is 2. The van der Waals surface area contributed by atoms with Gasteiger partial charge in [0.15, 0.2) is 0 Å². The predicted octanol–water partition coefficient (Wildman–Crippen LogP) is 3.52. The summed E-state index contributed by atoms with van der Waals surface area (Å²) in [4.78, 5) is 18.7. The lowest BCUT2D eigenvalue weighted by molar-refractivity contribution is -0.128. The Kier molecular flexibility index (Phi) is 3.81. The van der Waals surface area contributed by atoms with Crippen LogP contribution in [0.25, 0.3) is 11.0 Å². The number of nitrogens with zero attached hydrogens (tertiary/aromatic N) is 3. The molecule has 0 saturated carbocycles. The zero-order chi connectivity index (χ0) is 16.5. The standard InChI is InChI=1S/C20H21N3O/c1-15-8-10-16(11-9-15)13-23-18-6-3-2-5-17(18)21-19(23)14-22-12-4-7-20(22)24/h2-3,5-6,8-11H,4,7,12-14H2,1H3. The van der Waals surface area contributed by atoms with E-state index in [-0.39, 0.29) is 5.91 Å². The molecule has 122 valence electrons. The lowest BCUT2D eigenvalue weighted by Crippen LogP contribution is -2.26. The summed E-state index contributed by atoms with van der Waals surface area (Å²) in [5, 5.41) is 0. The van der Waals surface area contributed by atoms with Crippen molar-refractivity contribution in [3.05, 3.63) is 65.5 Å². The lowest BCUT2D eigenvalue weighted by atomic mass is 10.1. The Morgan fingerprint density at radius 1 is 1.04 bits per heavy atom. The minimum Gasteiger partial charge on any atom is -0.335 e. The highest BCUT2D eigenvalue weighted by molar-refractivity contribution is 5.79. The number of hydrogen-bond donors (Lipinski definition) is 0. The first kappa shape index (κ1) is 14.9. The Hall–Kier alpha value is -2.62. The van der Waals surface area contributed by atoms with Crippen LogP contribution in [0, 0.1) is 6.92 Å². The first-order valence-electron chi connectivity index (χ1n) is 8.48. The van der Waals surface area contributed by atoms with Crippen LogP contribution in [0.1, 0.15) is 29.8 Å². The van der Waals surface area contributed by atoms with E-state index in [0.29, 0.717) is 13.0 Å². The summed E-state index contributed by atoms with van der Waals surface area (Å²) >= 11 is 0. The third-order valence-electron chi connectivity index (χ3n) is 4.70. The second-order valence-electron chi connectivity index (χ2n) is 6.51. The van der Waals surface area contributed by atoms with Crippen LogP contribution in [0.5, 0.6) is 0 Å². The van der Waals surface area contributed by atoms with Crippen LogP contribution in [0.15, 0.2) is 48.5 Å². The van der Waals surface area contributed by atoms with E-state index in [0.717, 1.165) is 36.4 Å². The summed E-state index contributed by atoms with van der Waals surface area (Å²) in [5.74, 6) is 1.20. The maximum Gasteiger partial charge on any atom is 0.223 e. The van der Waals surface area contributed by atoms with E-state index in [4.69, 9.17) is 4.98 Å². The van der Waals surface area contributed by atoms with Gasteiger partial charge in [-0.05, 0) is 31.0 Å². The molecule has 0 unspecified atom stereocenters. The molecule has 1 fully saturated rings. The van der Waals surface area contributed by atoms with E-state index in [1.807, 2.05) is 23.1 Å². The number of imidazole rings is 1. The number of aryl methyl sites for hydroxylation is 1. The zero-order valence-corrected chi connectivity index (χ0v) is 13.9. The topological polar surface area (TPSA) is 38.1 Å². The summed E-state index contributed by atoms with van der Waals surface area (Å²) in [7, 11) is 0. The van der Waals surface area contributed by atoms with Crippen LogP contribution >= 0.6 is 0 Å². The second kappa shape index (κ2) is 6.11. The van der Waals surface area contributed by atoms with Gasteiger partial charge in [0.05, 0.1) is 17.6 Å². The van der Waals surface area contributed by atoms with Gasteiger partial charge in [0, 0.05) is 19.5 Å². The number of para-hydroxylation sites is 2. The third-order valence-corrected chi connectivity index (χ3v) is 4.70. The highest BCUT2D eigenvalue weighted by atomic mass is 16.2. The summed E-state index contributed by atoms with van der Waals surface area (Å²) in [5.41, 5.74) is 4.63. The Balaban J connectivity index is 1.72. The molecular formula is C20H21N3O. The molecule has 2 heterocycles. The molecule has 0 spiro atoms. The molecule has 4 heteroatoms. The van der Waals surface area contributed by atoms with Gasteiger partial charge in [-0.1, -0.05) is 42.0 Å². The number of carbonyl (C=O) groups is 1. The number of carbonyl (C=O) groups excluding carboxylic acids is 1. The van der Waals surface area contributed by atoms with Gasteiger partial charge >= 0.3 is 0 Å². The Labute approximate surface area is 141 Å². The van der Waals surface area contributed by atoms with Crippen molar-refractivity contribution in [2.45, 2.75) is 32.9 Å². The molecule has 1 aromatic heterocycles. The molecule has 0 aliphatic carbocycles. The smallest absolute Gasteiger partial charge is 0.223 e. The molecule has 4 rings (SSSR count). The fourth-order valence-corrected chi connectivity index (χ4v) is 3.34. The largest absolute Gasteiger partial charge is 0.335 e. The van der Waals surface area contributed by atoms with Gasteiger partial charge in [0.1, 0.15) is 5.82 Å². The van der Waals surface area contributed by atoms with Gasteiger partial charge in [-0.15, -0.1) is 0 Å². The molecule has 0 radical (unpaired) electrons. The molecule has 0 bridgehead atoms. The quantitative estimate of drug-likeness (QED) is 0.738. The van der Waals surface area contributed by atoms with Crippen LogP contribution in [0.2, 0.25) is 0 Å². The van der Waals surface area contributed by atoms with E-state index in [1.54, 1.807) is 0 Å². The van der Waals surface area contributed by atoms with Crippen molar-refractivity contribution in [1.29, 1.82) is 0 Å². The molecular weight excluding hydrogens is 298 g/mol. The number of fused-ring (bicyclic) bond motifs is 1. The van der Waals surface area contributed by atoms with Crippen LogP contribution in [0.4, 0.5) is 0 Å². The maximum absolute atomic E-state index is 12.0. The minimum absolute atomic E-state index is 0.240. The van der Waals surface area contributed by atoms with E-state index in [9.17, 15) is 4.79 Å². The average Bonchev–Trinajstić information content (AvgIpc) is 3.14. The first-order valence-corrected chi connectivity index (χ1v) is 8.48. The Bertz CT molecular complexity index is 880. The first-order chi connectivity index (χ1) is 11.7. The van der Waals surface area contributed by atoms with Crippen molar-refractivity contribution in [1.82, 2.24) is 14.5 Å². The molecule has 1 aliphatic heterocycles. The Morgan fingerprint density at radius 3 is 2.58 bits per heavy atom. The summed E-state index contributed by atoms with van der Waals surface area (Å²) in [6.07, 6.45) is 1.62. The van der Waals surface area contributed by atoms with Crippen LogP contribution in [0.3, 0.4) is 0 Å². The van der Waals surface area contributed by atoms with Gasteiger partial charge in [0.2, 0.25) is 5.91 Å². The monoisotopic (exact) mass is 319 g/mol. The zero-order valence-electron chi connectivity index (χ0n) is 13.9. The molecule has 1 saturated heterocycles. The molecule has 24 heavy (non-hydrogen) atoms. The van der Waals surface area contributed by atoms with Gasteiger partial charge in [0.25, 0.3) is 0 Å². The Morgan fingerprint density at radius 2 is 1.83 bits per heavy atom. The van der Waals surface area contributed by atoms with Crippen LogP contribution in [-0.2, 0) is 17.9 Å². The van der Waals surface area contributed by atoms with E-state index < -0.39 is 0 Å². The number of amides is 1. The summed E-state index contributed by atoms with van der Waals surface area (Å²) in [6.45, 7) is 4.31. The second-order valence-corrected chi connectivity index (χ2v) is 6.51. The third kappa shape index (κ3) is 2.80. The van der Waals surface area contributed by atoms with Crippen molar-refractivity contribution < 1.29 is 4.79 Å². The molecule has 3 aromatic rings. The van der Waals surface area contributed by atoms with Crippen LogP contribution < -0.4 is 0 Å². The molecule has 0 N–H and O–H groups in total. The normalized spacial score (nSPS) is 14.7. The fraction of sp³-hybridized carbons (Fsp3) is 0.300. The number of hydrogen-bond acceptors (Lipinski definition) is 2. The van der Waals surface area contributed by atoms with E-state index in [1.165, 1.54) is 11.1 Å². The fourth-order valence-electron chi connectivity index (χ4n) is 3.34. The van der Waals surface area contributed by atoms with Gasteiger partial charge in [-0.2, -0.15) is 0 Å². The van der Waals surface area contributed by atoms with Crippen LogP contribution in [-0.4, -0.2) is 26.9 Å². The van der Waals surface area contributed by atoms with Crippen molar-refractivity contribution in [2.75, 3.05) is 6.54 Å². The summed E-state index contributed by atoms with van der Waals surface area (Å²) < 4.78 is 2.24. The van der Waals surface area contributed by atoms with Gasteiger partial charge in [-0.25, -0.2) is 4.98 Å². The number of likely N-dealkylation sites (tertiary alicyclic amines) is 1. The van der Waals surface area contributed by atoms with Crippen molar-refractivity contribution in [3.8, 4) is 0 Å². The van der Waals surface area contributed by atoms with E-state index in [2.05, 4.69) is 41.8 Å². The molecule has 1 amide bonds. The number of aromatic nitrogens is 2. The van der Waals surface area contributed by atoms with Crippen molar-refractivity contribution in [2.24, 2.45) is 0 Å². The average molecular weight is 319 g/mol. The number of rotatable bonds is 4. The van der Waals surface area contributed by atoms with E-state index >= 15 is 0 Å². The van der Waals surface area contributed by atoms with Crippen molar-refractivity contribution >= 4 is 16.9 Å². The summed E-state index contributed by atoms with van der Waals surface area (Å²) in [6, 6.07) is 16.8. The predicted molar refractivity (Wildman–Crippen MR) is 94.7 cm³/mol.